The number of carbonyl (C=O) groups excluding carboxylic acids is 1. The summed E-state index contributed by atoms with van der Waals surface area (Å²) >= 11 is 8.24. The number of nitrogens with zero attached hydrogens (tertiary/aromatic N) is 1. The van der Waals surface area contributed by atoms with E-state index in [1.54, 1.807) is 0 Å². The van der Waals surface area contributed by atoms with Crippen LogP contribution in [0.3, 0.4) is 0 Å². The Hall–Kier alpha value is -0.880. The van der Waals surface area contributed by atoms with Crippen LogP contribution in [0.25, 0.3) is 10.9 Å². The van der Waals surface area contributed by atoms with Gasteiger partial charge in [-0.1, -0.05) is 23.7 Å². The molecular formula is C11H7ClINO2. The molecule has 1 aromatic carbocycles. The average Bonchev–Trinajstić information content (AvgIpc) is 2.29. The molecule has 0 aliphatic carbocycles. The van der Waals surface area contributed by atoms with Crippen molar-refractivity contribution >= 4 is 51.1 Å². The molecule has 0 fully saturated rings. The maximum absolute atomic E-state index is 11.4. The van der Waals surface area contributed by atoms with Crippen LogP contribution in [0.15, 0.2) is 24.3 Å². The quantitative estimate of drug-likeness (QED) is 0.587. The van der Waals surface area contributed by atoms with Crippen LogP contribution in [-0.2, 0) is 4.74 Å². The fourth-order valence-electron chi connectivity index (χ4n) is 1.38. The lowest BCUT2D eigenvalue weighted by Crippen LogP contribution is -2.04. The van der Waals surface area contributed by atoms with E-state index in [2.05, 4.69) is 32.3 Å². The minimum Gasteiger partial charge on any atom is -0.464 e. The third-order valence-corrected chi connectivity index (χ3v) is 3.32. The van der Waals surface area contributed by atoms with Gasteiger partial charge in [0.05, 0.1) is 17.6 Å². The molecule has 0 aliphatic rings. The number of rotatable bonds is 1. The lowest BCUT2D eigenvalue weighted by molar-refractivity contribution is 0.0594. The predicted octanol–water partition coefficient (Wildman–Crippen LogP) is 3.28. The van der Waals surface area contributed by atoms with Gasteiger partial charge in [-0.15, -0.1) is 0 Å². The Balaban J connectivity index is 2.75. The number of carbonyl (C=O) groups is 1. The number of methoxy groups -OCH3 is 1. The van der Waals surface area contributed by atoms with Crippen LogP contribution in [0.2, 0.25) is 5.02 Å². The molecule has 0 saturated carbocycles. The van der Waals surface area contributed by atoms with E-state index in [-0.39, 0.29) is 5.69 Å². The van der Waals surface area contributed by atoms with Crippen LogP contribution in [0, 0.1) is 3.57 Å². The molecule has 1 heterocycles. The zero-order chi connectivity index (χ0) is 11.7. The van der Waals surface area contributed by atoms with Crippen molar-refractivity contribution in [2.75, 3.05) is 7.11 Å². The summed E-state index contributed by atoms with van der Waals surface area (Å²) in [6.07, 6.45) is 0. The van der Waals surface area contributed by atoms with Crippen molar-refractivity contribution in [1.29, 1.82) is 0 Å². The van der Waals surface area contributed by atoms with E-state index in [4.69, 9.17) is 11.6 Å². The molecule has 0 N–H and O–H groups in total. The molecule has 0 spiro atoms. The number of para-hydroxylation sites is 1. The molecule has 16 heavy (non-hydrogen) atoms. The van der Waals surface area contributed by atoms with E-state index in [1.807, 2.05) is 18.2 Å². The number of hydrogen-bond acceptors (Lipinski definition) is 3. The Bertz CT molecular complexity index is 571. The molecule has 2 rings (SSSR count). The first-order valence-corrected chi connectivity index (χ1v) is 5.92. The lowest BCUT2D eigenvalue weighted by Gasteiger charge is -2.05. The summed E-state index contributed by atoms with van der Waals surface area (Å²) in [6, 6.07) is 7.20. The van der Waals surface area contributed by atoms with Crippen molar-refractivity contribution in [2.45, 2.75) is 0 Å². The molecule has 0 bridgehead atoms. The normalized spacial score (nSPS) is 10.4. The van der Waals surface area contributed by atoms with Crippen LogP contribution in [0.1, 0.15) is 10.5 Å². The van der Waals surface area contributed by atoms with E-state index in [0.29, 0.717) is 5.02 Å². The number of aromatic nitrogens is 1. The summed E-state index contributed by atoms with van der Waals surface area (Å²) in [7, 11) is 1.32. The Morgan fingerprint density at radius 2 is 2.25 bits per heavy atom. The summed E-state index contributed by atoms with van der Waals surface area (Å²) < 4.78 is 5.56. The first-order chi connectivity index (χ1) is 7.63. The van der Waals surface area contributed by atoms with E-state index in [1.165, 1.54) is 13.2 Å². The highest BCUT2D eigenvalue weighted by Crippen LogP contribution is 2.26. The minimum atomic E-state index is -0.483. The standard InChI is InChI=1S/C11H7ClINO2/c1-16-11(15)9-5-7(12)6-3-2-4-8(13)10(6)14-9/h2-5H,1H3. The van der Waals surface area contributed by atoms with Crippen molar-refractivity contribution in [3.63, 3.8) is 0 Å². The summed E-state index contributed by atoms with van der Waals surface area (Å²) in [5, 5.41) is 1.34. The molecule has 0 aliphatic heterocycles. The van der Waals surface area contributed by atoms with Gasteiger partial charge in [-0.2, -0.15) is 0 Å². The van der Waals surface area contributed by atoms with Crippen LogP contribution in [0.5, 0.6) is 0 Å². The number of ether oxygens (including phenoxy) is 1. The topological polar surface area (TPSA) is 39.2 Å². The van der Waals surface area contributed by atoms with Gasteiger partial charge in [0, 0.05) is 8.96 Å². The summed E-state index contributed by atoms with van der Waals surface area (Å²) in [5.74, 6) is -0.483. The zero-order valence-corrected chi connectivity index (χ0v) is 11.2. The van der Waals surface area contributed by atoms with E-state index in [0.717, 1.165) is 14.5 Å². The van der Waals surface area contributed by atoms with Gasteiger partial charge in [0.15, 0.2) is 5.69 Å². The highest BCUT2D eigenvalue weighted by Gasteiger charge is 2.12. The number of hydrogen-bond donors (Lipinski definition) is 0. The van der Waals surface area contributed by atoms with Crippen LogP contribution >= 0.6 is 34.2 Å². The molecule has 5 heteroatoms. The zero-order valence-electron chi connectivity index (χ0n) is 8.33. The molecule has 2 aromatic rings. The first-order valence-electron chi connectivity index (χ1n) is 4.46. The van der Waals surface area contributed by atoms with Crippen molar-refractivity contribution < 1.29 is 9.53 Å². The van der Waals surface area contributed by atoms with Gasteiger partial charge in [-0.3, -0.25) is 0 Å². The fourth-order valence-corrected chi connectivity index (χ4v) is 2.26. The summed E-state index contributed by atoms with van der Waals surface area (Å²) in [6.45, 7) is 0. The molecule has 0 radical (unpaired) electrons. The molecule has 1 aromatic heterocycles. The fraction of sp³-hybridized carbons (Fsp3) is 0.0909. The first kappa shape index (κ1) is 11.6. The summed E-state index contributed by atoms with van der Waals surface area (Å²) in [5.41, 5.74) is 0.945. The van der Waals surface area contributed by atoms with Gasteiger partial charge in [0.1, 0.15) is 0 Å². The Kier molecular flexibility index (Phi) is 3.30. The second kappa shape index (κ2) is 4.55. The highest BCUT2D eigenvalue weighted by molar-refractivity contribution is 14.1. The monoisotopic (exact) mass is 347 g/mol. The van der Waals surface area contributed by atoms with Gasteiger partial charge in [0.2, 0.25) is 0 Å². The third kappa shape index (κ3) is 1.99. The number of esters is 1. The Morgan fingerprint density at radius 1 is 1.50 bits per heavy atom. The van der Waals surface area contributed by atoms with Crippen molar-refractivity contribution in [3.05, 3.63) is 38.6 Å². The second-order valence-electron chi connectivity index (χ2n) is 3.12. The second-order valence-corrected chi connectivity index (χ2v) is 4.69. The summed E-state index contributed by atoms with van der Waals surface area (Å²) in [4.78, 5) is 15.6. The van der Waals surface area contributed by atoms with Gasteiger partial charge >= 0.3 is 5.97 Å². The molecule has 0 amide bonds. The molecule has 0 unspecified atom stereocenters. The van der Waals surface area contributed by atoms with Crippen LogP contribution in [0.4, 0.5) is 0 Å². The molecule has 3 nitrogen and oxygen atoms in total. The molecule has 82 valence electrons. The van der Waals surface area contributed by atoms with Gasteiger partial charge in [0.25, 0.3) is 0 Å². The molecule has 0 saturated heterocycles. The maximum atomic E-state index is 11.4. The Morgan fingerprint density at radius 3 is 2.94 bits per heavy atom. The van der Waals surface area contributed by atoms with Gasteiger partial charge < -0.3 is 4.74 Å². The van der Waals surface area contributed by atoms with Crippen LogP contribution < -0.4 is 0 Å². The average molecular weight is 348 g/mol. The largest absolute Gasteiger partial charge is 0.464 e. The van der Waals surface area contributed by atoms with Crippen LogP contribution in [-0.4, -0.2) is 18.1 Å². The smallest absolute Gasteiger partial charge is 0.356 e. The molecular weight excluding hydrogens is 340 g/mol. The van der Waals surface area contributed by atoms with Crippen molar-refractivity contribution in [3.8, 4) is 0 Å². The lowest BCUT2D eigenvalue weighted by atomic mass is 10.2. The van der Waals surface area contributed by atoms with E-state index < -0.39 is 5.97 Å². The molecule has 0 atom stereocenters. The highest BCUT2D eigenvalue weighted by atomic mass is 127. The maximum Gasteiger partial charge on any atom is 0.356 e. The number of fused-ring (bicyclic) bond motifs is 1. The number of pyridine rings is 1. The SMILES string of the molecule is COC(=O)c1cc(Cl)c2cccc(I)c2n1. The Labute approximate surface area is 111 Å². The number of benzene rings is 1. The van der Waals surface area contributed by atoms with Crippen molar-refractivity contribution in [1.82, 2.24) is 4.98 Å². The van der Waals surface area contributed by atoms with Gasteiger partial charge in [-0.05, 0) is 34.7 Å². The van der Waals surface area contributed by atoms with E-state index >= 15 is 0 Å². The predicted molar refractivity (Wildman–Crippen MR) is 70.8 cm³/mol. The minimum absolute atomic E-state index is 0.226. The van der Waals surface area contributed by atoms with Gasteiger partial charge in [-0.25, -0.2) is 9.78 Å². The van der Waals surface area contributed by atoms with Crippen molar-refractivity contribution in [2.24, 2.45) is 0 Å². The number of halogens is 2. The third-order valence-electron chi connectivity index (χ3n) is 2.13. The van der Waals surface area contributed by atoms with E-state index in [9.17, 15) is 4.79 Å².